The van der Waals surface area contributed by atoms with E-state index in [1.165, 1.54) is 6.08 Å². The lowest BCUT2D eigenvalue weighted by Crippen LogP contribution is -2.13. The highest BCUT2D eigenvalue weighted by atomic mass is 16.6. The van der Waals surface area contributed by atoms with Gasteiger partial charge in [-0.15, -0.1) is 0 Å². The minimum Gasteiger partial charge on any atom is -0.451 e. The van der Waals surface area contributed by atoms with Crippen LogP contribution in [0.4, 0.5) is 0 Å². The molecule has 0 bridgehead atoms. The van der Waals surface area contributed by atoms with Crippen molar-refractivity contribution in [2.75, 3.05) is 6.61 Å². The van der Waals surface area contributed by atoms with E-state index < -0.39 is 12.1 Å². The second kappa shape index (κ2) is 2.06. The second-order valence-electron chi connectivity index (χ2n) is 1.75. The van der Waals surface area contributed by atoms with Crippen molar-refractivity contribution in [2.45, 2.75) is 6.10 Å². The Morgan fingerprint density at radius 2 is 2.56 bits per heavy atom. The molecule has 0 spiro atoms. The maximum absolute atomic E-state index is 10.4. The molecule has 0 aromatic heterocycles. The third-order valence-corrected chi connectivity index (χ3v) is 1.04. The first-order valence-electron chi connectivity index (χ1n) is 2.53. The van der Waals surface area contributed by atoms with E-state index >= 15 is 0 Å². The molecule has 3 N–H and O–H groups in total. The van der Waals surface area contributed by atoms with Crippen LogP contribution in [0.2, 0.25) is 0 Å². The Morgan fingerprint density at radius 1 is 1.89 bits per heavy atom. The van der Waals surface area contributed by atoms with E-state index in [9.17, 15) is 4.79 Å². The zero-order valence-corrected chi connectivity index (χ0v) is 4.70. The first-order valence-corrected chi connectivity index (χ1v) is 2.53. The number of hydrogen-bond acceptors (Lipinski definition) is 4. The van der Waals surface area contributed by atoms with E-state index in [4.69, 9.17) is 10.8 Å². The summed E-state index contributed by atoms with van der Waals surface area (Å²) >= 11 is 0. The fourth-order valence-electron chi connectivity index (χ4n) is 0.598. The number of hydrogen-bond donors (Lipinski definition) is 2. The molecule has 1 aliphatic heterocycles. The molecule has 0 saturated carbocycles. The number of carbonyl (C=O) groups excluding carboxylic acids is 1. The van der Waals surface area contributed by atoms with Crippen LogP contribution >= 0.6 is 0 Å². The molecule has 9 heavy (non-hydrogen) atoms. The summed E-state index contributed by atoms with van der Waals surface area (Å²) in [6.45, 7) is -0.202. The van der Waals surface area contributed by atoms with Gasteiger partial charge in [-0.1, -0.05) is 0 Å². The van der Waals surface area contributed by atoms with Crippen LogP contribution in [0.5, 0.6) is 0 Å². The monoisotopic (exact) mass is 129 g/mol. The molecule has 0 radical (unpaired) electrons. The molecule has 0 saturated heterocycles. The average molecular weight is 129 g/mol. The Bertz CT molecular complexity index is 164. The number of rotatable bonds is 1. The van der Waals surface area contributed by atoms with Gasteiger partial charge in [-0.2, -0.15) is 0 Å². The van der Waals surface area contributed by atoms with Gasteiger partial charge in [0.2, 0.25) is 0 Å². The molecule has 0 amide bonds. The minimum atomic E-state index is -0.547. The van der Waals surface area contributed by atoms with E-state index in [0.717, 1.165) is 0 Å². The molecule has 0 aliphatic carbocycles. The molecule has 1 heterocycles. The van der Waals surface area contributed by atoms with Crippen LogP contribution in [-0.4, -0.2) is 23.8 Å². The van der Waals surface area contributed by atoms with Gasteiger partial charge in [-0.25, -0.2) is 4.79 Å². The fraction of sp³-hybridized carbons (Fsp3) is 0.400. The molecule has 0 fully saturated rings. The van der Waals surface area contributed by atoms with E-state index in [0.29, 0.717) is 0 Å². The number of cyclic esters (lactones) is 1. The number of carbonyl (C=O) groups is 1. The van der Waals surface area contributed by atoms with E-state index in [-0.39, 0.29) is 12.3 Å². The predicted octanol–water partition coefficient (Wildman–Crippen LogP) is -1.25. The molecule has 1 aliphatic rings. The van der Waals surface area contributed by atoms with Gasteiger partial charge >= 0.3 is 5.97 Å². The van der Waals surface area contributed by atoms with Gasteiger partial charge in [0.15, 0.2) is 0 Å². The van der Waals surface area contributed by atoms with Crippen LogP contribution in [0, 0.1) is 0 Å². The highest BCUT2D eigenvalue weighted by Gasteiger charge is 2.21. The van der Waals surface area contributed by atoms with Crippen LogP contribution in [-0.2, 0) is 9.53 Å². The highest BCUT2D eigenvalue weighted by molar-refractivity contribution is 5.89. The quantitative estimate of drug-likeness (QED) is 0.434. The molecule has 0 aromatic rings. The van der Waals surface area contributed by atoms with Crippen molar-refractivity contribution in [1.29, 1.82) is 0 Å². The summed E-state index contributed by atoms with van der Waals surface area (Å²) in [6.07, 6.45) is 0.861. The summed E-state index contributed by atoms with van der Waals surface area (Å²) in [5, 5.41) is 8.42. The Kier molecular flexibility index (Phi) is 1.40. The first-order chi connectivity index (χ1) is 4.24. The van der Waals surface area contributed by atoms with E-state index in [1.54, 1.807) is 0 Å². The van der Waals surface area contributed by atoms with E-state index in [2.05, 4.69) is 4.74 Å². The van der Waals surface area contributed by atoms with Crippen molar-refractivity contribution in [3.63, 3.8) is 0 Å². The van der Waals surface area contributed by atoms with Crippen LogP contribution in [0.15, 0.2) is 11.8 Å². The van der Waals surface area contributed by atoms with Gasteiger partial charge in [-0.3, -0.25) is 0 Å². The predicted molar refractivity (Wildman–Crippen MR) is 29.2 cm³/mol. The summed E-state index contributed by atoms with van der Waals surface area (Å²) < 4.78 is 4.52. The molecule has 1 rings (SSSR count). The molecule has 0 aromatic carbocycles. The van der Waals surface area contributed by atoms with Crippen molar-refractivity contribution in [3.8, 4) is 0 Å². The molecular weight excluding hydrogens is 122 g/mol. The number of ether oxygens (including phenoxy) is 1. The maximum atomic E-state index is 10.4. The summed E-state index contributed by atoms with van der Waals surface area (Å²) in [6, 6.07) is 0. The van der Waals surface area contributed by atoms with Gasteiger partial charge in [0, 0.05) is 0 Å². The van der Waals surface area contributed by atoms with Gasteiger partial charge in [-0.05, 0) is 6.08 Å². The van der Waals surface area contributed by atoms with Crippen molar-refractivity contribution >= 4 is 5.97 Å². The standard InChI is InChI=1S/C5H7NO3/c6-4-1-3(2-7)9-5(4)8/h1,3,7H,2,6H2. The lowest BCUT2D eigenvalue weighted by molar-refractivity contribution is -0.140. The lowest BCUT2D eigenvalue weighted by atomic mass is 10.3. The Labute approximate surface area is 51.9 Å². The second-order valence-corrected chi connectivity index (χ2v) is 1.75. The van der Waals surface area contributed by atoms with Crippen LogP contribution in [0.1, 0.15) is 0 Å². The smallest absolute Gasteiger partial charge is 0.354 e. The van der Waals surface area contributed by atoms with Crippen LogP contribution < -0.4 is 5.73 Å². The first kappa shape index (κ1) is 6.10. The van der Waals surface area contributed by atoms with Gasteiger partial charge < -0.3 is 15.6 Å². The van der Waals surface area contributed by atoms with Crippen LogP contribution in [0.3, 0.4) is 0 Å². The maximum Gasteiger partial charge on any atom is 0.354 e. The summed E-state index contributed by atoms with van der Waals surface area (Å²) in [5.74, 6) is -0.547. The number of aliphatic hydroxyl groups excluding tert-OH is 1. The lowest BCUT2D eigenvalue weighted by Gasteiger charge is -2.00. The van der Waals surface area contributed by atoms with Crippen molar-refractivity contribution in [1.82, 2.24) is 0 Å². The topological polar surface area (TPSA) is 72.6 Å². The highest BCUT2D eigenvalue weighted by Crippen LogP contribution is 2.07. The summed E-state index contributed by atoms with van der Waals surface area (Å²) in [7, 11) is 0. The minimum absolute atomic E-state index is 0.0778. The SMILES string of the molecule is NC1=CC(CO)OC1=O. The van der Waals surface area contributed by atoms with Crippen molar-refractivity contribution < 1.29 is 14.6 Å². The Balaban J connectivity index is 2.62. The normalized spacial score (nSPS) is 25.7. The Hall–Kier alpha value is -1.03. The molecular formula is C5H7NO3. The van der Waals surface area contributed by atoms with Crippen molar-refractivity contribution in [2.24, 2.45) is 5.73 Å². The molecule has 1 unspecified atom stereocenters. The summed E-state index contributed by atoms with van der Waals surface area (Å²) in [5.41, 5.74) is 5.20. The third kappa shape index (κ3) is 1.02. The molecule has 50 valence electrons. The zero-order valence-electron chi connectivity index (χ0n) is 4.70. The number of aliphatic hydroxyl groups is 1. The van der Waals surface area contributed by atoms with Crippen molar-refractivity contribution in [3.05, 3.63) is 11.8 Å². The molecule has 1 atom stereocenters. The van der Waals surface area contributed by atoms with Crippen LogP contribution in [0.25, 0.3) is 0 Å². The van der Waals surface area contributed by atoms with Gasteiger partial charge in [0.1, 0.15) is 11.8 Å². The molecule has 4 nitrogen and oxygen atoms in total. The molecule has 4 heteroatoms. The average Bonchev–Trinajstić information content (AvgIpc) is 2.13. The largest absolute Gasteiger partial charge is 0.451 e. The van der Waals surface area contributed by atoms with Gasteiger partial charge in [0.05, 0.1) is 6.61 Å². The number of nitrogens with two attached hydrogens (primary N) is 1. The van der Waals surface area contributed by atoms with E-state index in [1.807, 2.05) is 0 Å². The fourth-order valence-corrected chi connectivity index (χ4v) is 0.598. The number of esters is 1. The zero-order chi connectivity index (χ0) is 6.85. The third-order valence-electron chi connectivity index (χ3n) is 1.04. The Morgan fingerprint density at radius 3 is 2.78 bits per heavy atom. The van der Waals surface area contributed by atoms with Gasteiger partial charge in [0.25, 0.3) is 0 Å². The summed E-state index contributed by atoms with van der Waals surface area (Å²) in [4.78, 5) is 10.4.